The van der Waals surface area contributed by atoms with Gasteiger partial charge in [0, 0.05) is 12.8 Å². The highest BCUT2D eigenvalue weighted by molar-refractivity contribution is 5.82. The molecule has 0 aromatic carbocycles. The van der Waals surface area contributed by atoms with Gasteiger partial charge in [0.1, 0.15) is 11.2 Å². The number of cyclic esters (lactones) is 1. The lowest BCUT2D eigenvalue weighted by Crippen LogP contribution is -2.61. The molecular formula is C56H94O9. The molecule has 1 N–H and O–H groups in total. The summed E-state index contributed by atoms with van der Waals surface area (Å²) in [7, 11) is 0. The molecule has 0 spiro atoms. The Morgan fingerprint density at radius 3 is 1.92 bits per heavy atom. The van der Waals surface area contributed by atoms with Gasteiger partial charge in [-0.15, -0.1) is 0 Å². The first-order chi connectivity index (χ1) is 29.6. The summed E-state index contributed by atoms with van der Waals surface area (Å²) >= 11 is 0. The number of hydrogen-bond acceptors (Lipinski definition) is 9. The molecule has 0 amide bonds. The summed E-state index contributed by atoms with van der Waals surface area (Å²) in [6.07, 6.45) is 11.3. The van der Waals surface area contributed by atoms with Gasteiger partial charge in [-0.25, -0.2) is 4.79 Å². The SMILES string of the molecule is CCC1CC2CC(C)C(C)(OC(=O)C(C)(CC(C)(C)C)C(C)(C)C(C)CC(C(=O)OC3CCOC3=O)C(C)(C)C(C)(C)CC(C(=O)OC34CC5CC(CC(O)(C5)C3)C4)C(C)(C)C)C(C1)C2. The smallest absolute Gasteiger partial charge is 0.347 e. The van der Waals surface area contributed by atoms with Crippen molar-refractivity contribution in [3.8, 4) is 0 Å². The second-order valence-corrected chi connectivity index (χ2v) is 28.1. The normalized spacial score (nSPS) is 36.3. The second kappa shape index (κ2) is 17.7. The molecule has 12 atom stereocenters. The average Bonchev–Trinajstić information content (AvgIpc) is 3.55. The Morgan fingerprint density at radius 2 is 1.40 bits per heavy atom. The van der Waals surface area contributed by atoms with Gasteiger partial charge in [0.25, 0.3) is 0 Å². The van der Waals surface area contributed by atoms with Crippen molar-refractivity contribution in [2.75, 3.05) is 6.61 Å². The van der Waals surface area contributed by atoms with E-state index >= 15 is 4.79 Å². The fourth-order valence-electron chi connectivity index (χ4n) is 15.0. The van der Waals surface area contributed by atoms with Crippen LogP contribution < -0.4 is 0 Å². The summed E-state index contributed by atoms with van der Waals surface area (Å²) in [6.45, 7) is 37.0. The predicted molar refractivity (Wildman–Crippen MR) is 255 cm³/mol. The van der Waals surface area contributed by atoms with Crippen molar-refractivity contribution in [1.82, 2.24) is 0 Å². The number of fused-ring (bicyclic) bond motifs is 2. The standard InChI is InChI=1S/C56H94O9/c1-18-36-23-37-21-35(3)54(17,40(25-36)26-37)65-47(60)53(16,32-48(4,5)6)51(12,13)34(2)22-41(44(57)63-43-19-20-62-46(43)59)52(14,15)50(10,11)31-42(49(7,8)9)45(58)64-56-29-38-24-39(30-56)28-55(61,27-38)33-56/h34-43,61H,18-33H2,1-17H3. The van der Waals surface area contributed by atoms with Gasteiger partial charge in [-0.05, 0) is 159 Å². The molecule has 6 bridgehead atoms. The van der Waals surface area contributed by atoms with Gasteiger partial charge < -0.3 is 24.1 Å². The van der Waals surface area contributed by atoms with Crippen LogP contribution in [-0.2, 0) is 38.1 Å². The molecule has 0 aromatic rings. The van der Waals surface area contributed by atoms with Crippen molar-refractivity contribution in [3.63, 3.8) is 0 Å². The Hall–Kier alpha value is -2.16. The highest BCUT2D eigenvalue weighted by Crippen LogP contribution is 2.62. The number of rotatable bonds is 16. The minimum atomic E-state index is -0.967. The highest BCUT2D eigenvalue weighted by Gasteiger charge is 2.62. The zero-order valence-electron chi connectivity index (χ0n) is 44.3. The highest BCUT2D eigenvalue weighted by atomic mass is 16.6. The number of hydrogen-bond donors (Lipinski definition) is 1. The van der Waals surface area contributed by atoms with Crippen LogP contribution >= 0.6 is 0 Å². The van der Waals surface area contributed by atoms with E-state index in [0.717, 1.165) is 57.8 Å². The molecule has 7 rings (SSSR count). The molecular weight excluding hydrogens is 817 g/mol. The number of carbonyl (C=O) groups is 4. The largest absolute Gasteiger partial charge is 0.463 e. The van der Waals surface area contributed by atoms with Crippen LogP contribution in [0.1, 0.15) is 214 Å². The maximum Gasteiger partial charge on any atom is 0.347 e. The van der Waals surface area contributed by atoms with E-state index in [4.69, 9.17) is 18.9 Å². The quantitative estimate of drug-likeness (QED) is 0.119. The first kappa shape index (κ1) is 52.2. The van der Waals surface area contributed by atoms with Crippen molar-refractivity contribution < 1.29 is 43.2 Å². The molecule has 1 aliphatic heterocycles. The Kier molecular flexibility index (Phi) is 14.2. The lowest BCUT2D eigenvalue weighted by atomic mass is 9.51. The predicted octanol–water partition coefficient (Wildman–Crippen LogP) is 12.5. The van der Waals surface area contributed by atoms with Gasteiger partial charge in [0.15, 0.2) is 0 Å². The van der Waals surface area contributed by atoms with Crippen LogP contribution in [0.4, 0.5) is 0 Å². The summed E-state index contributed by atoms with van der Waals surface area (Å²) in [5, 5.41) is 11.5. The molecule has 7 fully saturated rings. The minimum absolute atomic E-state index is 0.152. The zero-order chi connectivity index (χ0) is 48.7. The monoisotopic (exact) mass is 911 g/mol. The summed E-state index contributed by atoms with van der Waals surface area (Å²) in [5.41, 5.74) is -5.58. The lowest BCUT2D eigenvalue weighted by Gasteiger charge is -2.59. The van der Waals surface area contributed by atoms with Gasteiger partial charge >= 0.3 is 23.9 Å². The third-order valence-corrected chi connectivity index (χ3v) is 20.2. The van der Waals surface area contributed by atoms with Gasteiger partial charge in [-0.3, -0.25) is 14.4 Å². The number of carbonyl (C=O) groups excluding carboxylic acids is 4. The van der Waals surface area contributed by atoms with E-state index in [1.165, 1.54) is 6.42 Å². The molecule has 372 valence electrons. The Labute approximate surface area is 395 Å². The third kappa shape index (κ3) is 10.3. The first-order valence-electron chi connectivity index (χ1n) is 26.1. The van der Waals surface area contributed by atoms with E-state index in [1.54, 1.807) is 0 Å². The van der Waals surface area contributed by atoms with Crippen molar-refractivity contribution in [2.24, 2.45) is 85.8 Å². The molecule has 1 saturated heterocycles. The fourth-order valence-corrected chi connectivity index (χ4v) is 15.0. The van der Waals surface area contributed by atoms with Crippen molar-refractivity contribution in [2.45, 2.75) is 237 Å². The van der Waals surface area contributed by atoms with Crippen molar-refractivity contribution in [1.29, 1.82) is 0 Å². The molecule has 7 aliphatic rings. The van der Waals surface area contributed by atoms with E-state index in [2.05, 4.69) is 118 Å². The minimum Gasteiger partial charge on any atom is -0.463 e. The van der Waals surface area contributed by atoms with Crippen LogP contribution in [0.15, 0.2) is 0 Å². The average molecular weight is 911 g/mol. The number of ether oxygens (including phenoxy) is 4. The van der Waals surface area contributed by atoms with Gasteiger partial charge in [0.05, 0.1) is 29.5 Å². The fraction of sp³-hybridized carbons (Fsp3) is 0.929. The second-order valence-electron chi connectivity index (χ2n) is 28.1. The van der Waals surface area contributed by atoms with Gasteiger partial charge in [0.2, 0.25) is 6.10 Å². The molecule has 65 heavy (non-hydrogen) atoms. The van der Waals surface area contributed by atoms with E-state index in [9.17, 15) is 19.5 Å². The zero-order valence-corrected chi connectivity index (χ0v) is 44.3. The van der Waals surface area contributed by atoms with Crippen LogP contribution in [0.5, 0.6) is 0 Å². The van der Waals surface area contributed by atoms with E-state index in [1.807, 2.05) is 0 Å². The van der Waals surface area contributed by atoms with Crippen LogP contribution in [0.2, 0.25) is 0 Å². The maximum absolute atomic E-state index is 15.4. The lowest BCUT2D eigenvalue weighted by molar-refractivity contribution is -0.225. The molecule has 0 radical (unpaired) electrons. The van der Waals surface area contributed by atoms with Crippen LogP contribution in [0.25, 0.3) is 0 Å². The van der Waals surface area contributed by atoms with Crippen LogP contribution in [-0.4, -0.2) is 58.5 Å². The Bertz CT molecular complexity index is 1760. The van der Waals surface area contributed by atoms with Gasteiger partial charge in [-0.2, -0.15) is 0 Å². The number of esters is 4. The molecule has 9 nitrogen and oxygen atoms in total. The van der Waals surface area contributed by atoms with Gasteiger partial charge in [-0.1, -0.05) is 110 Å². The molecule has 6 aliphatic carbocycles. The molecule has 12 unspecified atom stereocenters. The van der Waals surface area contributed by atoms with Crippen molar-refractivity contribution >= 4 is 23.9 Å². The third-order valence-electron chi connectivity index (χ3n) is 20.2. The summed E-state index contributed by atoms with van der Waals surface area (Å²) in [6, 6.07) is 0. The summed E-state index contributed by atoms with van der Waals surface area (Å²) in [5.74, 6) is -0.0254. The maximum atomic E-state index is 15.4. The Balaban J connectivity index is 1.30. The van der Waals surface area contributed by atoms with E-state index < -0.39 is 73.8 Å². The number of aliphatic hydroxyl groups is 1. The topological polar surface area (TPSA) is 125 Å². The molecule has 1 heterocycles. The van der Waals surface area contributed by atoms with Crippen LogP contribution in [0.3, 0.4) is 0 Å². The van der Waals surface area contributed by atoms with E-state index in [-0.39, 0.29) is 35.8 Å². The molecule has 0 aromatic heterocycles. The summed E-state index contributed by atoms with van der Waals surface area (Å²) < 4.78 is 25.1. The van der Waals surface area contributed by atoms with E-state index in [0.29, 0.717) is 61.7 Å². The molecule has 6 saturated carbocycles. The summed E-state index contributed by atoms with van der Waals surface area (Å²) in [4.78, 5) is 57.8. The van der Waals surface area contributed by atoms with Crippen molar-refractivity contribution in [3.05, 3.63) is 0 Å². The van der Waals surface area contributed by atoms with Crippen LogP contribution in [0, 0.1) is 85.8 Å². The molecule has 9 heteroatoms. The first-order valence-corrected chi connectivity index (χ1v) is 26.1. The Morgan fingerprint density at radius 1 is 0.785 bits per heavy atom.